The maximum absolute atomic E-state index is 14.3. The molecule has 1 aliphatic rings. The van der Waals surface area contributed by atoms with Crippen LogP contribution >= 0.6 is 23.4 Å². The molecule has 4 aromatic rings. The highest BCUT2D eigenvalue weighted by atomic mass is 35.5. The number of halogens is 3. The topological polar surface area (TPSA) is 103 Å². The number of thioether (sulfide) groups is 1. The summed E-state index contributed by atoms with van der Waals surface area (Å²) >= 11 is 7.92. The van der Waals surface area contributed by atoms with Gasteiger partial charge in [-0.2, -0.15) is 0 Å². The Hall–Kier alpha value is -3.41. The third-order valence-corrected chi connectivity index (χ3v) is 7.11. The van der Waals surface area contributed by atoms with Crippen molar-refractivity contribution in [1.82, 2.24) is 24.5 Å². The summed E-state index contributed by atoms with van der Waals surface area (Å²) in [5, 5.41) is 9.90. The molecule has 0 aromatic carbocycles. The summed E-state index contributed by atoms with van der Waals surface area (Å²) in [5.41, 5.74) is -0.920. The quantitative estimate of drug-likeness (QED) is 0.370. The van der Waals surface area contributed by atoms with Crippen LogP contribution in [0.1, 0.15) is 40.2 Å². The van der Waals surface area contributed by atoms with Gasteiger partial charge in [0.05, 0.1) is 26.0 Å². The first-order valence-corrected chi connectivity index (χ1v) is 12.9. The van der Waals surface area contributed by atoms with Crippen molar-refractivity contribution in [3.8, 4) is 22.8 Å². The number of ether oxygens (including phenoxy) is 1. The van der Waals surface area contributed by atoms with Crippen molar-refractivity contribution >= 4 is 23.4 Å². The Morgan fingerprint density at radius 2 is 2.03 bits per heavy atom. The fourth-order valence-corrected chi connectivity index (χ4v) is 4.93. The maximum Gasteiger partial charge on any atom is 0.277 e. The van der Waals surface area contributed by atoms with Crippen molar-refractivity contribution in [3.05, 3.63) is 87.1 Å². The van der Waals surface area contributed by atoms with Crippen LogP contribution in [-0.2, 0) is 18.6 Å². The highest BCUT2D eigenvalue weighted by Gasteiger charge is 2.23. The molecule has 4 aromatic heterocycles. The third kappa shape index (κ3) is 5.27. The van der Waals surface area contributed by atoms with E-state index < -0.39 is 40.1 Å². The minimum absolute atomic E-state index is 0.205. The van der Waals surface area contributed by atoms with Gasteiger partial charge < -0.3 is 9.84 Å². The Labute approximate surface area is 228 Å². The number of hydrogen-bond donors (Lipinski definition) is 1. The first-order chi connectivity index (χ1) is 18.8. The maximum atomic E-state index is 14.3. The number of pyridine rings is 3. The summed E-state index contributed by atoms with van der Waals surface area (Å²) in [4.78, 5) is 30.9. The number of aryl methyl sites for hydroxylation is 1. The molecule has 0 radical (unpaired) electrons. The zero-order chi connectivity index (χ0) is 28.8. The van der Waals surface area contributed by atoms with Gasteiger partial charge in [-0.25, -0.2) is 18.7 Å². The molecule has 0 fully saturated rings. The molecular formula is C26H22ClF2N5O3S. The Balaban J connectivity index is 1.61. The second kappa shape index (κ2) is 10.4. The van der Waals surface area contributed by atoms with Crippen LogP contribution in [0.4, 0.5) is 8.78 Å². The normalized spacial score (nSPS) is 14.5. The molecule has 5 heterocycles. The number of aromatic nitrogens is 5. The molecule has 196 valence electrons. The molecule has 1 N–H and O–H groups in total. The molecule has 0 atom stereocenters. The highest BCUT2D eigenvalue weighted by Crippen LogP contribution is 2.34. The third-order valence-electron chi connectivity index (χ3n) is 5.65. The highest BCUT2D eigenvalue weighted by molar-refractivity contribution is 7.99. The van der Waals surface area contributed by atoms with Crippen LogP contribution in [0.5, 0.6) is 5.75 Å². The van der Waals surface area contributed by atoms with Gasteiger partial charge in [0.25, 0.3) is 5.56 Å². The van der Waals surface area contributed by atoms with Crippen molar-refractivity contribution in [3.63, 3.8) is 0 Å². The van der Waals surface area contributed by atoms with E-state index in [1.165, 1.54) is 28.6 Å². The van der Waals surface area contributed by atoms with Gasteiger partial charge in [0.2, 0.25) is 0 Å². The van der Waals surface area contributed by atoms with Gasteiger partial charge in [-0.3, -0.25) is 19.3 Å². The van der Waals surface area contributed by atoms with E-state index in [0.29, 0.717) is 58.5 Å². The number of aliphatic hydroxyl groups is 1. The summed E-state index contributed by atoms with van der Waals surface area (Å²) in [7, 11) is 0. The number of rotatable bonds is 5. The van der Waals surface area contributed by atoms with E-state index in [-0.39, 0.29) is 11.6 Å². The lowest BCUT2D eigenvalue weighted by Gasteiger charge is -2.21. The van der Waals surface area contributed by atoms with Crippen molar-refractivity contribution in [2.45, 2.75) is 43.7 Å². The van der Waals surface area contributed by atoms with E-state index in [9.17, 15) is 18.7 Å². The Morgan fingerprint density at radius 1 is 1.21 bits per heavy atom. The summed E-state index contributed by atoms with van der Waals surface area (Å²) in [6.45, 7) is 0.276. The van der Waals surface area contributed by atoms with Crippen molar-refractivity contribution < 1.29 is 21.4 Å². The molecular weight excluding hydrogens is 536 g/mol. The minimum atomic E-state index is -2.86. The molecule has 0 amide bonds. The van der Waals surface area contributed by atoms with E-state index in [0.717, 1.165) is 0 Å². The van der Waals surface area contributed by atoms with Gasteiger partial charge >= 0.3 is 0 Å². The molecule has 0 saturated heterocycles. The van der Waals surface area contributed by atoms with Gasteiger partial charge in [0.1, 0.15) is 34.4 Å². The van der Waals surface area contributed by atoms with E-state index >= 15 is 0 Å². The minimum Gasteiger partial charge on any atom is -0.485 e. The molecule has 0 bridgehead atoms. The molecule has 12 heteroatoms. The van der Waals surface area contributed by atoms with Crippen LogP contribution < -0.4 is 10.3 Å². The van der Waals surface area contributed by atoms with Crippen LogP contribution in [0.25, 0.3) is 17.1 Å². The smallest absolute Gasteiger partial charge is 0.277 e. The standard InChI is InChI=1S/C26H22ClF2N5O3S/c1-26(2,36)25-30-6-5-17(33-25)18-10-20-22(12-32-18)38-7-3-4-15-9-21(23(27)24(35)34(15)20)37-13-19-16(29)8-14(28)11-31-19/h5-6,8-12,36H,3-4,7,13H2,1-2H3/i13D2. The average Bonchev–Trinajstić information content (AvgIpc) is 2.87. The summed E-state index contributed by atoms with van der Waals surface area (Å²) in [6.07, 6.45) is 4.90. The fourth-order valence-electron chi connectivity index (χ4n) is 3.82. The molecule has 8 nitrogen and oxygen atoms in total. The SMILES string of the molecule is [2H]C([2H])(Oc1cc2n(c(=O)c1Cl)-c1cc(-c3ccnc(C(C)(C)O)n3)ncc1SCCC2)c1ncc(F)cc1F. The van der Waals surface area contributed by atoms with Crippen LogP contribution in [-0.4, -0.2) is 35.4 Å². The summed E-state index contributed by atoms with van der Waals surface area (Å²) < 4.78 is 50.8. The second-order valence-electron chi connectivity index (χ2n) is 8.96. The lowest BCUT2D eigenvalue weighted by Crippen LogP contribution is -2.25. The van der Waals surface area contributed by atoms with E-state index in [2.05, 4.69) is 19.9 Å². The first-order valence-electron chi connectivity index (χ1n) is 12.5. The molecule has 0 spiro atoms. The fraction of sp³-hybridized carbons (Fsp3) is 0.269. The van der Waals surface area contributed by atoms with Crippen LogP contribution in [0, 0.1) is 11.6 Å². The monoisotopic (exact) mass is 559 g/mol. The Morgan fingerprint density at radius 3 is 2.79 bits per heavy atom. The van der Waals surface area contributed by atoms with Gasteiger partial charge in [0.15, 0.2) is 11.6 Å². The van der Waals surface area contributed by atoms with Crippen LogP contribution in [0.15, 0.2) is 52.5 Å². The molecule has 0 saturated carbocycles. The lowest BCUT2D eigenvalue weighted by atomic mass is 10.1. The molecule has 1 aliphatic heterocycles. The summed E-state index contributed by atoms with van der Waals surface area (Å²) in [5.74, 6) is -1.60. The van der Waals surface area contributed by atoms with Crippen molar-refractivity contribution in [1.29, 1.82) is 0 Å². The Bertz CT molecular complexity index is 1680. The van der Waals surface area contributed by atoms with Gasteiger partial charge in [-0.05, 0) is 44.6 Å². The molecule has 5 rings (SSSR count). The first kappa shape index (κ1) is 23.7. The zero-order valence-electron chi connectivity index (χ0n) is 22.2. The van der Waals surface area contributed by atoms with Gasteiger partial charge in [-0.15, -0.1) is 11.8 Å². The average molecular weight is 560 g/mol. The molecule has 38 heavy (non-hydrogen) atoms. The van der Waals surface area contributed by atoms with Crippen LogP contribution in [0.2, 0.25) is 5.02 Å². The number of nitrogens with zero attached hydrogens (tertiary/aromatic N) is 5. The Kier molecular flexibility index (Phi) is 6.48. The number of fused-ring (bicyclic) bond motifs is 3. The van der Waals surface area contributed by atoms with E-state index in [4.69, 9.17) is 19.1 Å². The zero-order valence-corrected chi connectivity index (χ0v) is 21.8. The lowest BCUT2D eigenvalue weighted by molar-refractivity contribution is 0.0688. The predicted octanol–water partition coefficient (Wildman–Crippen LogP) is 4.86. The van der Waals surface area contributed by atoms with Gasteiger partial charge in [-0.1, -0.05) is 11.6 Å². The molecule has 0 unspecified atom stereocenters. The number of hydrogen-bond acceptors (Lipinski definition) is 8. The predicted molar refractivity (Wildman–Crippen MR) is 139 cm³/mol. The largest absolute Gasteiger partial charge is 0.485 e. The van der Waals surface area contributed by atoms with Gasteiger partial charge in [0, 0.05) is 35.1 Å². The summed E-state index contributed by atoms with van der Waals surface area (Å²) in [6, 6.07) is 5.24. The van der Waals surface area contributed by atoms with E-state index in [1.54, 1.807) is 32.2 Å². The van der Waals surface area contributed by atoms with Crippen molar-refractivity contribution in [2.75, 3.05) is 5.75 Å². The molecule has 0 aliphatic carbocycles. The van der Waals surface area contributed by atoms with Crippen LogP contribution in [0.3, 0.4) is 0 Å². The van der Waals surface area contributed by atoms with E-state index in [1.807, 2.05) is 0 Å². The van der Waals surface area contributed by atoms with Crippen molar-refractivity contribution in [2.24, 2.45) is 0 Å². The second-order valence-corrected chi connectivity index (χ2v) is 10.5.